The number of thiocarbonyl (C=S) groups is 1. The van der Waals surface area contributed by atoms with Crippen LogP contribution < -0.4 is 4.90 Å². The average molecular weight is 332 g/mol. The Balaban J connectivity index is 2.19. The minimum absolute atomic E-state index is 0.170. The van der Waals surface area contributed by atoms with E-state index in [0.717, 1.165) is 18.5 Å². The predicted octanol–water partition coefficient (Wildman–Crippen LogP) is 3.82. The Morgan fingerprint density at radius 1 is 1.26 bits per heavy atom. The molecule has 0 N–H and O–H groups in total. The van der Waals surface area contributed by atoms with E-state index in [1.165, 1.54) is 10.6 Å². The third-order valence-electron chi connectivity index (χ3n) is 4.18. The number of ether oxygens (including phenoxy) is 1. The van der Waals surface area contributed by atoms with Crippen LogP contribution in [0.15, 0.2) is 30.0 Å². The lowest BCUT2D eigenvalue weighted by molar-refractivity contribution is -0.122. The van der Waals surface area contributed by atoms with E-state index in [1.807, 2.05) is 19.1 Å². The van der Waals surface area contributed by atoms with Crippen LogP contribution in [0.25, 0.3) is 6.08 Å². The van der Waals surface area contributed by atoms with Crippen LogP contribution in [0.1, 0.15) is 39.7 Å². The highest BCUT2D eigenvalue weighted by Gasteiger charge is 2.31. The molecule has 1 fully saturated rings. The van der Waals surface area contributed by atoms with E-state index in [4.69, 9.17) is 17.0 Å². The topological polar surface area (TPSA) is 32.8 Å². The lowest BCUT2D eigenvalue weighted by Crippen LogP contribution is -2.32. The standard InChI is InChI=1S/C18H24N2O2S/c1-5-13(4)19(6-2)15-10-8-14(9-11-15)12-16-17(21)20(7-3)18(23)22-16/h8-13H,5-7H2,1-4H3/b16-12+. The van der Waals surface area contributed by atoms with Gasteiger partial charge in [0.25, 0.3) is 11.1 Å². The SMILES string of the molecule is CCC(C)N(CC)c1ccc(/C=C2/OC(=S)N(CC)C2=O)cc1. The summed E-state index contributed by atoms with van der Waals surface area (Å²) < 4.78 is 5.39. The summed E-state index contributed by atoms with van der Waals surface area (Å²) in [7, 11) is 0. The molecule has 1 aliphatic heterocycles. The fourth-order valence-corrected chi connectivity index (χ4v) is 2.96. The Kier molecular flexibility index (Phi) is 5.77. The average Bonchev–Trinajstić information content (AvgIpc) is 2.82. The number of carbonyl (C=O) groups is 1. The molecule has 0 bridgehead atoms. The highest BCUT2D eigenvalue weighted by molar-refractivity contribution is 7.80. The molecule has 1 amide bonds. The number of amides is 1. The van der Waals surface area contributed by atoms with Crippen LogP contribution in [-0.4, -0.2) is 35.1 Å². The van der Waals surface area contributed by atoms with Gasteiger partial charge in [0.1, 0.15) is 0 Å². The zero-order chi connectivity index (χ0) is 17.0. The first kappa shape index (κ1) is 17.5. The first-order valence-electron chi connectivity index (χ1n) is 8.13. The smallest absolute Gasteiger partial charge is 0.297 e. The first-order chi connectivity index (χ1) is 11.0. The maximum atomic E-state index is 12.1. The molecule has 1 heterocycles. The maximum absolute atomic E-state index is 12.1. The second-order valence-corrected chi connectivity index (χ2v) is 5.91. The summed E-state index contributed by atoms with van der Waals surface area (Å²) in [6.07, 6.45) is 2.85. The van der Waals surface area contributed by atoms with Crippen molar-refractivity contribution < 1.29 is 9.53 Å². The molecule has 2 rings (SSSR count). The van der Waals surface area contributed by atoms with E-state index < -0.39 is 0 Å². The molecule has 0 aromatic heterocycles. The van der Waals surface area contributed by atoms with Gasteiger partial charge in [-0.25, -0.2) is 0 Å². The van der Waals surface area contributed by atoms with Gasteiger partial charge in [-0.15, -0.1) is 0 Å². The van der Waals surface area contributed by atoms with Crippen molar-refractivity contribution in [3.05, 3.63) is 35.6 Å². The van der Waals surface area contributed by atoms with E-state index in [9.17, 15) is 4.79 Å². The molecule has 1 aromatic carbocycles. The van der Waals surface area contributed by atoms with Gasteiger partial charge in [0.2, 0.25) is 0 Å². The number of anilines is 1. The summed E-state index contributed by atoms with van der Waals surface area (Å²) in [6.45, 7) is 9.94. The monoisotopic (exact) mass is 332 g/mol. The summed E-state index contributed by atoms with van der Waals surface area (Å²) in [5.74, 6) is 0.121. The summed E-state index contributed by atoms with van der Waals surface area (Å²) in [5.41, 5.74) is 2.12. The molecular weight excluding hydrogens is 308 g/mol. The molecule has 1 aliphatic rings. The van der Waals surface area contributed by atoms with Crippen molar-refractivity contribution in [1.29, 1.82) is 0 Å². The van der Waals surface area contributed by atoms with Crippen LogP contribution in [0, 0.1) is 0 Å². The molecule has 0 saturated carbocycles. The van der Waals surface area contributed by atoms with Crippen molar-refractivity contribution in [1.82, 2.24) is 4.90 Å². The Labute approximate surface area is 143 Å². The Bertz CT molecular complexity index is 610. The molecule has 1 saturated heterocycles. The highest BCUT2D eigenvalue weighted by atomic mass is 32.1. The van der Waals surface area contributed by atoms with Crippen molar-refractivity contribution in [2.24, 2.45) is 0 Å². The lowest BCUT2D eigenvalue weighted by atomic mass is 10.1. The molecular formula is C18H24N2O2S. The van der Waals surface area contributed by atoms with Gasteiger partial charge in [0.05, 0.1) is 0 Å². The summed E-state index contributed by atoms with van der Waals surface area (Å²) in [4.78, 5) is 16.0. The van der Waals surface area contributed by atoms with Crippen molar-refractivity contribution in [3.63, 3.8) is 0 Å². The van der Waals surface area contributed by atoms with E-state index in [0.29, 0.717) is 18.3 Å². The quantitative estimate of drug-likeness (QED) is 0.586. The van der Waals surface area contributed by atoms with Crippen LogP contribution in [0.3, 0.4) is 0 Å². The second kappa shape index (κ2) is 7.59. The molecule has 1 unspecified atom stereocenters. The Morgan fingerprint density at radius 2 is 1.91 bits per heavy atom. The highest BCUT2D eigenvalue weighted by Crippen LogP contribution is 2.23. The van der Waals surface area contributed by atoms with Gasteiger partial charge >= 0.3 is 0 Å². The molecule has 4 nitrogen and oxygen atoms in total. The Hall–Kier alpha value is -1.88. The van der Waals surface area contributed by atoms with Gasteiger partial charge in [0.15, 0.2) is 5.76 Å². The number of rotatable bonds is 6. The molecule has 0 spiro atoms. The van der Waals surface area contributed by atoms with Crippen molar-refractivity contribution in [2.75, 3.05) is 18.0 Å². The fourth-order valence-electron chi connectivity index (χ4n) is 2.66. The molecule has 1 aromatic rings. The van der Waals surface area contributed by atoms with Crippen LogP contribution in [0.5, 0.6) is 0 Å². The number of hydrogen-bond donors (Lipinski definition) is 0. The van der Waals surface area contributed by atoms with Gasteiger partial charge in [-0.1, -0.05) is 19.1 Å². The van der Waals surface area contributed by atoms with E-state index in [1.54, 1.807) is 6.08 Å². The van der Waals surface area contributed by atoms with Crippen molar-refractivity contribution >= 4 is 35.1 Å². The normalized spacial score (nSPS) is 17.6. The summed E-state index contributed by atoms with van der Waals surface area (Å²) >= 11 is 5.06. The largest absolute Gasteiger partial charge is 0.426 e. The molecule has 23 heavy (non-hydrogen) atoms. The molecule has 1 atom stereocenters. The number of benzene rings is 1. The minimum atomic E-state index is -0.170. The zero-order valence-electron chi connectivity index (χ0n) is 14.2. The van der Waals surface area contributed by atoms with Gasteiger partial charge in [0, 0.05) is 24.8 Å². The fraction of sp³-hybridized carbons (Fsp3) is 0.444. The number of hydrogen-bond acceptors (Lipinski definition) is 4. The molecule has 0 aliphatic carbocycles. The zero-order valence-corrected chi connectivity index (χ0v) is 15.0. The summed E-state index contributed by atoms with van der Waals surface area (Å²) in [6, 6.07) is 8.66. The van der Waals surface area contributed by atoms with E-state index in [2.05, 4.69) is 37.8 Å². The van der Waals surface area contributed by atoms with Crippen LogP contribution in [0.2, 0.25) is 0 Å². The molecule has 5 heteroatoms. The maximum Gasteiger partial charge on any atom is 0.297 e. The number of nitrogens with zero attached hydrogens (tertiary/aromatic N) is 2. The molecule has 0 radical (unpaired) electrons. The van der Waals surface area contributed by atoms with Gasteiger partial charge in [-0.05, 0) is 63.2 Å². The first-order valence-corrected chi connectivity index (χ1v) is 8.54. The van der Waals surface area contributed by atoms with E-state index in [-0.39, 0.29) is 11.1 Å². The Morgan fingerprint density at radius 3 is 2.39 bits per heavy atom. The number of carbonyl (C=O) groups excluding carboxylic acids is 1. The third-order valence-corrected chi connectivity index (χ3v) is 4.48. The molecule has 124 valence electrons. The van der Waals surface area contributed by atoms with Crippen molar-refractivity contribution in [2.45, 2.75) is 40.2 Å². The van der Waals surface area contributed by atoms with E-state index >= 15 is 0 Å². The van der Waals surface area contributed by atoms with Crippen LogP contribution in [0.4, 0.5) is 5.69 Å². The van der Waals surface area contributed by atoms with Crippen molar-refractivity contribution in [3.8, 4) is 0 Å². The van der Waals surface area contributed by atoms with Gasteiger partial charge in [-0.3, -0.25) is 9.69 Å². The lowest BCUT2D eigenvalue weighted by Gasteiger charge is -2.29. The summed E-state index contributed by atoms with van der Waals surface area (Å²) in [5, 5.41) is 0.231. The van der Waals surface area contributed by atoms with Crippen LogP contribution >= 0.6 is 12.2 Å². The predicted molar refractivity (Wildman–Crippen MR) is 98.3 cm³/mol. The minimum Gasteiger partial charge on any atom is -0.426 e. The van der Waals surface area contributed by atoms with Gasteiger partial charge in [-0.2, -0.15) is 0 Å². The second-order valence-electron chi connectivity index (χ2n) is 5.56. The number of likely N-dealkylation sites (N-methyl/N-ethyl adjacent to an activating group) is 1. The third kappa shape index (κ3) is 3.72. The van der Waals surface area contributed by atoms with Gasteiger partial charge < -0.3 is 9.64 Å². The van der Waals surface area contributed by atoms with Crippen LogP contribution in [-0.2, 0) is 9.53 Å².